The Kier molecular flexibility index (Phi) is 3.27. The molecular weight excluding hydrogens is 345 g/mol. The summed E-state index contributed by atoms with van der Waals surface area (Å²) in [5, 5.41) is 1.99. The Morgan fingerprint density at radius 3 is 2.59 bits per heavy atom. The fourth-order valence-corrected chi connectivity index (χ4v) is 3.71. The summed E-state index contributed by atoms with van der Waals surface area (Å²) in [7, 11) is 0. The zero-order chi connectivity index (χ0) is 18.5. The minimum absolute atomic E-state index is 0.0131. The maximum Gasteiger partial charge on any atom is 0.260 e. The van der Waals surface area contributed by atoms with Crippen LogP contribution in [0.25, 0.3) is 10.8 Å². The van der Waals surface area contributed by atoms with Crippen molar-refractivity contribution < 1.29 is 9.13 Å². The minimum Gasteiger partial charge on any atom is -0.438 e. The standard InChI is InChI=1S/C21H14FN3O2/c22-13-8-5-12(6-9-13)16-17-14-4-2-1-3-11(14)7-10-15(17)27-20-18(16)19(26)24-21(23)25-20/h1-10,16H,(H3,23,24,25,26). The molecule has 1 unspecified atom stereocenters. The van der Waals surface area contributed by atoms with Crippen molar-refractivity contribution in [3.05, 3.63) is 93.5 Å². The quantitative estimate of drug-likeness (QED) is 0.475. The number of aromatic nitrogens is 2. The van der Waals surface area contributed by atoms with E-state index in [0.29, 0.717) is 11.3 Å². The van der Waals surface area contributed by atoms with E-state index in [9.17, 15) is 9.18 Å². The van der Waals surface area contributed by atoms with Gasteiger partial charge in [-0.3, -0.25) is 9.78 Å². The van der Waals surface area contributed by atoms with Crippen LogP contribution in [0.15, 0.2) is 65.5 Å². The van der Waals surface area contributed by atoms with Crippen LogP contribution in [0, 0.1) is 5.82 Å². The van der Waals surface area contributed by atoms with Gasteiger partial charge in [-0.1, -0.05) is 42.5 Å². The molecule has 0 saturated heterocycles. The molecule has 0 saturated carbocycles. The Labute approximate surface area is 153 Å². The van der Waals surface area contributed by atoms with Gasteiger partial charge in [-0.25, -0.2) is 4.39 Å². The molecule has 3 aromatic carbocycles. The van der Waals surface area contributed by atoms with Crippen LogP contribution in [-0.2, 0) is 0 Å². The zero-order valence-corrected chi connectivity index (χ0v) is 14.1. The predicted molar refractivity (Wildman–Crippen MR) is 101 cm³/mol. The predicted octanol–water partition coefficient (Wildman–Crippen LogP) is 3.93. The molecule has 0 fully saturated rings. The van der Waals surface area contributed by atoms with Gasteiger partial charge >= 0.3 is 0 Å². The van der Waals surface area contributed by atoms with Crippen LogP contribution in [0.5, 0.6) is 11.6 Å². The molecule has 0 radical (unpaired) electrons. The van der Waals surface area contributed by atoms with Crippen molar-refractivity contribution in [2.24, 2.45) is 0 Å². The molecule has 132 valence electrons. The highest BCUT2D eigenvalue weighted by Crippen LogP contribution is 2.47. The Hall–Kier alpha value is -3.67. The molecule has 1 atom stereocenters. The van der Waals surface area contributed by atoms with E-state index >= 15 is 0 Å². The lowest BCUT2D eigenvalue weighted by Gasteiger charge is -2.28. The first-order valence-electron chi connectivity index (χ1n) is 8.46. The maximum absolute atomic E-state index is 13.5. The number of nitrogens with one attached hydrogen (secondary N) is 1. The van der Waals surface area contributed by atoms with Crippen molar-refractivity contribution in [1.82, 2.24) is 9.97 Å². The number of nitrogens with two attached hydrogens (primary N) is 1. The minimum atomic E-state index is -0.452. The van der Waals surface area contributed by atoms with Crippen LogP contribution >= 0.6 is 0 Å². The van der Waals surface area contributed by atoms with E-state index in [4.69, 9.17) is 10.5 Å². The largest absolute Gasteiger partial charge is 0.438 e. The number of hydrogen-bond acceptors (Lipinski definition) is 4. The summed E-state index contributed by atoms with van der Waals surface area (Å²) in [6.07, 6.45) is 0. The molecule has 0 bridgehead atoms. The van der Waals surface area contributed by atoms with Crippen LogP contribution in [0.3, 0.4) is 0 Å². The third kappa shape index (κ3) is 2.38. The molecule has 0 amide bonds. The van der Waals surface area contributed by atoms with Gasteiger partial charge in [-0.15, -0.1) is 0 Å². The number of anilines is 1. The number of aromatic amines is 1. The summed E-state index contributed by atoms with van der Waals surface area (Å²) in [5.41, 5.74) is 7.32. The number of H-pyrrole nitrogens is 1. The summed E-state index contributed by atoms with van der Waals surface area (Å²) in [6, 6.07) is 17.8. The Morgan fingerprint density at radius 1 is 1.00 bits per heavy atom. The molecule has 6 heteroatoms. The summed E-state index contributed by atoms with van der Waals surface area (Å²) in [4.78, 5) is 19.5. The molecule has 5 nitrogen and oxygen atoms in total. The van der Waals surface area contributed by atoms with Gasteiger partial charge in [0.15, 0.2) is 0 Å². The summed E-state index contributed by atoms with van der Waals surface area (Å²) < 4.78 is 19.4. The first-order valence-corrected chi connectivity index (χ1v) is 8.46. The zero-order valence-electron chi connectivity index (χ0n) is 14.1. The van der Waals surface area contributed by atoms with E-state index in [0.717, 1.165) is 21.9 Å². The van der Waals surface area contributed by atoms with E-state index < -0.39 is 5.92 Å². The number of benzene rings is 3. The summed E-state index contributed by atoms with van der Waals surface area (Å²) in [6.45, 7) is 0. The van der Waals surface area contributed by atoms with Gasteiger partial charge in [0, 0.05) is 11.5 Å². The SMILES string of the molecule is Nc1nc2c(c(=O)[nH]1)C(c1ccc(F)cc1)c1c(ccc3ccccc13)O2. The van der Waals surface area contributed by atoms with Crippen molar-refractivity contribution in [2.75, 3.05) is 5.73 Å². The molecule has 5 rings (SSSR count). The first-order chi connectivity index (χ1) is 13.1. The Morgan fingerprint density at radius 2 is 1.78 bits per heavy atom. The third-order valence-corrected chi connectivity index (χ3v) is 4.86. The average Bonchev–Trinajstić information content (AvgIpc) is 2.66. The normalized spacial score (nSPS) is 15.1. The van der Waals surface area contributed by atoms with Crippen molar-refractivity contribution in [2.45, 2.75) is 5.92 Å². The molecule has 27 heavy (non-hydrogen) atoms. The second-order valence-corrected chi connectivity index (χ2v) is 6.46. The van der Waals surface area contributed by atoms with Crippen LogP contribution in [-0.4, -0.2) is 9.97 Å². The number of nitrogens with zero attached hydrogens (tertiary/aromatic N) is 1. The number of halogens is 1. The van der Waals surface area contributed by atoms with Gasteiger partial charge < -0.3 is 10.5 Å². The number of rotatable bonds is 1. The highest BCUT2D eigenvalue weighted by molar-refractivity contribution is 5.90. The van der Waals surface area contributed by atoms with Crippen molar-refractivity contribution in [3.8, 4) is 11.6 Å². The number of fused-ring (bicyclic) bond motifs is 4. The molecule has 4 aromatic rings. The Balaban J connectivity index is 1.89. The Bertz CT molecular complexity index is 1250. The molecule has 1 aromatic heterocycles. The average molecular weight is 359 g/mol. The number of ether oxygens (including phenoxy) is 1. The van der Waals surface area contributed by atoms with Gasteiger partial charge in [-0.05, 0) is 34.5 Å². The fourth-order valence-electron chi connectivity index (χ4n) is 3.71. The van der Waals surface area contributed by atoms with Gasteiger partial charge in [0.2, 0.25) is 11.8 Å². The molecule has 1 aliphatic heterocycles. The highest BCUT2D eigenvalue weighted by Gasteiger charge is 2.34. The van der Waals surface area contributed by atoms with Gasteiger partial charge in [0.25, 0.3) is 5.56 Å². The third-order valence-electron chi connectivity index (χ3n) is 4.86. The van der Waals surface area contributed by atoms with Crippen molar-refractivity contribution in [3.63, 3.8) is 0 Å². The molecule has 3 N–H and O–H groups in total. The lowest BCUT2D eigenvalue weighted by molar-refractivity contribution is 0.433. The van der Waals surface area contributed by atoms with Crippen molar-refractivity contribution in [1.29, 1.82) is 0 Å². The van der Waals surface area contributed by atoms with Crippen LogP contribution in [0.1, 0.15) is 22.6 Å². The van der Waals surface area contributed by atoms with E-state index in [1.807, 2.05) is 36.4 Å². The molecule has 0 spiro atoms. The van der Waals surface area contributed by atoms with Gasteiger partial charge in [-0.2, -0.15) is 4.98 Å². The van der Waals surface area contributed by atoms with E-state index in [1.54, 1.807) is 12.1 Å². The molecule has 0 aliphatic carbocycles. The summed E-state index contributed by atoms with van der Waals surface area (Å²) in [5.74, 6) is -0.0250. The van der Waals surface area contributed by atoms with Crippen LogP contribution < -0.4 is 16.0 Å². The van der Waals surface area contributed by atoms with Gasteiger partial charge in [0.05, 0.1) is 5.56 Å². The van der Waals surface area contributed by atoms with Gasteiger partial charge in [0.1, 0.15) is 11.6 Å². The smallest absolute Gasteiger partial charge is 0.260 e. The molecule has 1 aliphatic rings. The van der Waals surface area contributed by atoms with E-state index in [-0.39, 0.29) is 23.2 Å². The monoisotopic (exact) mass is 359 g/mol. The second-order valence-electron chi connectivity index (χ2n) is 6.46. The topological polar surface area (TPSA) is 81.0 Å². The molecular formula is C21H14FN3O2. The first kappa shape index (κ1) is 15.6. The number of nitrogen functional groups attached to an aromatic ring is 1. The fraction of sp³-hybridized carbons (Fsp3) is 0.0476. The van der Waals surface area contributed by atoms with Crippen molar-refractivity contribution >= 4 is 16.7 Å². The summed E-state index contributed by atoms with van der Waals surface area (Å²) >= 11 is 0. The van der Waals surface area contributed by atoms with Crippen LogP contribution in [0.4, 0.5) is 10.3 Å². The lowest BCUT2D eigenvalue weighted by Crippen LogP contribution is -2.25. The number of hydrogen-bond donors (Lipinski definition) is 2. The van der Waals surface area contributed by atoms with E-state index in [1.165, 1.54) is 12.1 Å². The van der Waals surface area contributed by atoms with Crippen LogP contribution in [0.2, 0.25) is 0 Å². The maximum atomic E-state index is 13.5. The second kappa shape index (κ2) is 5.67. The lowest BCUT2D eigenvalue weighted by atomic mass is 9.81. The molecule has 2 heterocycles. The van der Waals surface area contributed by atoms with E-state index in [2.05, 4.69) is 9.97 Å². The highest BCUT2D eigenvalue weighted by atomic mass is 19.1.